The first kappa shape index (κ1) is 12.8. The Kier molecular flexibility index (Phi) is 11.7. The van der Waals surface area contributed by atoms with Crippen molar-refractivity contribution in [3.8, 4) is 0 Å². The van der Waals surface area contributed by atoms with E-state index in [1.165, 1.54) is 12.8 Å². The summed E-state index contributed by atoms with van der Waals surface area (Å²) in [5.41, 5.74) is 2.83. The van der Waals surface area contributed by atoms with Crippen molar-refractivity contribution in [2.45, 2.75) is 26.2 Å². The molecule has 0 aromatic carbocycles. The summed E-state index contributed by atoms with van der Waals surface area (Å²) in [5.74, 6) is 0. The summed E-state index contributed by atoms with van der Waals surface area (Å²) >= 11 is 0. The Hall–Kier alpha value is -0.160. The fourth-order valence-electron chi connectivity index (χ4n) is 0.804. The zero-order chi connectivity index (χ0) is 9.78. The van der Waals surface area contributed by atoms with Crippen LogP contribution in [0.2, 0.25) is 0 Å². The zero-order valence-electron chi connectivity index (χ0n) is 8.67. The number of nitrogens with one attached hydrogen (secondary N) is 1. The highest BCUT2D eigenvalue weighted by Crippen LogP contribution is 1.90. The third-order valence-electron chi connectivity index (χ3n) is 1.56. The Labute approximate surface area is 80.5 Å². The highest BCUT2D eigenvalue weighted by Gasteiger charge is 1.88. The van der Waals surface area contributed by atoms with Crippen LogP contribution in [-0.4, -0.2) is 33.7 Å². The molecule has 4 nitrogen and oxygen atoms in total. The molecule has 0 bridgehead atoms. The first-order valence-corrected chi connectivity index (χ1v) is 4.83. The van der Waals surface area contributed by atoms with Gasteiger partial charge >= 0.3 is 0 Å². The van der Waals surface area contributed by atoms with Gasteiger partial charge in [0.15, 0.2) is 6.79 Å². The molecule has 0 fully saturated rings. The van der Waals surface area contributed by atoms with Gasteiger partial charge in [-0.05, 0) is 6.42 Å². The molecule has 0 saturated heterocycles. The molecule has 0 rings (SSSR count). The van der Waals surface area contributed by atoms with E-state index in [-0.39, 0.29) is 6.79 Å². The lowest BCUT2D eigenvalue weighted by Gasteiger charge is -2.05. The molecular formula is C9H21NO3. The zero-order valence-corrected chi connectivity index (χ0v) is 8.67. The van der Waals surface area contributed by atoms with Crippen LogP contribution in [-0.2, 0) is 14.3 Å². The standard InChI is InChI=1S/C9H21NO3/c1-3-4-5-6-10-13-9-12-8-7-11-2/h10H,3-9H2,1-2H3. The van der Waals surface area contributed by atoms with E-state index in [1.54, 1.807) is 7.11 Å². The summed E-state index contributed by atoms with van der Waals surface area (Å²) in [6, 6.07) is 0. The molecule has 0 aliphatic heterocycles. The minimum absolute atomic E-state index is 0.287. The third kappa shape index (κ3) is 11.8. The Morgan fingerprint density at radius 1 is 1.15 bits per heavy atom. The smallest absolute Gasteiger partial charge is 0.166 e. The van der Waals surface area contributed by atoms with Crippen LogP contribution in [0.4, 0.5) is 0 Å². The second kappa shape index (κ2) is 11.8. The summed E-state index contributed by atoms with van der Waals surface area (Å²) in [5, 5.41) is 0. The fraction of sp³-hybridized carbons (Fsp3) is 1.00. The normalized spacial score (nSPS) is 10.6. The van der Waals surface area contributed by atoms with Gasteiger partial charge < -0.3 is 9.47 Å². The third-order valence-corrected chi connectivity index (χ3v) is 1.56. The van der Waals surface area contributed by atoms with Crippen LogP contribution in [0.1, 0.15) is 26.2 Å². The van der Waals surface area contributed by atoms with Crippen molar-refractivity contribution in [1.29, 1.82) is 0 Å². The van der Waals surface area contributed by atoms with Gasteiger partial charge in [-0.1, -0.05) is 19.8 Å². The van der Waals surface area contributed by atoms with Crippen molar-refractivity contribution in [2.75, 3.05) is 33.7 Å². The van der Waals surface area contributed by atoms with Crippen molar-refractivity contribution < 1.29 is 14.3 Å². The van der Waals surface area contributed by atoms with Crippen molar-refractivity contribution in [2.24, 2.45) is 0 Å². The molecule has 0 radical (unpaired) electrons. The van der Waals surface area contributed by atoms with E-state index in [2.05, 4.69) is 12.4 Å². The molecule has 13 heavy (non-hydrogen) atoms. The molecule has 0 amide bonds. The van der Waals surface area contributed by atoms with Crippen molar-refractivity contribution in [3.63, 3.8) is 0 Å². The summed E-state index contributed by atoms with van der Waals surface area (Å²) in [4.78, 5) is 5.00. The van der Waals surface area contributed by atoms with Crippen LogP contribution in [0.25, 0.3) is 0 Å². The van der Waals surface area contributed by atoms with Crippen molar-refractivity contribution >= 4 is 0 Å². The van der Waals surface area contributed by atoms with Gasteiger partial charge in [0.1, 0.15) is 0 Å². The average Bonchev–Trinajstić information content (AvgIpc) is 2.16. The maximum Gasteiger partial charge on any atom is 0.166 e. The SMILES string of the molecule is CCCCCNOCOCCOC. The van der Waals surface area contributed by atoms with E-state index in [0.717, 1.165) is 13.0 Å². The van der Waals surface area contributed by atoms with Crippen molar-refractivity contribution in [3.05, 3.63) is 0 Å². The van der Waals surface area contributed by atoms with Gasteiger partial charge in [-0.2, -0.15) is 5.48 Å². The second-order valence-corrected chi connectivity index (χ2v) is 2.76. The van der Waals surface area contributed by atoms with E-state index in [0.29, 0.717) is 13.2 Å². The Morgan fingerprint density at radius 2 is 2.00 bits per heavy atom. The average molecular weight is 191 g/mol. The lowest BCUT2D eigenvalue weighted by atomic mass is 10.3. The Bertz CT molecular complexity index is 80.9. The minimum atomic E-state index is 0.287. The van der Waals surface area contributed by atoms with E-state index >= 15 is 0 Å². The van der Waals surface area contributed by atoms with Crippen LogP contribution in [0.15, 0.2) is 0 Å². The van der Waals surface area contributed by atoms with Crippen LogP contribution in [0.5, 0.6) is 0 Å². The molecule has 0 saturated carbocycles. The lowest BCUT2D eigenvalue weighted by molar-refractivity contribution is -0.106. The van der Waals surface area contributed by atoms with Gasteiger partial charge in [0.25, 0.3) is 0 Å². The number of hydrogen-bond acceptors (Lipinski definition) is 4. The summed E-state index contributed by atoms with van der Waals surface area (Å²) < 4.78 is 9.87. The predicted molar refractivity (Wildman–Crippen MR) is 51.3 cm³/mol. The van der Waals surface area contributed by atoms with Crippen molar-refractivity contribution in [1.82, 2.24) is 5.48 Å². The van der Waals surface area contributed by atoms with Gasteiger partial charge in [0.05, 0.1) is 13.2 Å². The fourth-order valence-corrected chi connectivity index (χ4v) is 0.804. The Morgan fingerprint density at radius 3 is 2.69 bits per heavy atom. The number of unbranched alkanes of at least 4 members (excludes halogenated alkanes) is 2. The van der Waals surface area contributed by atoms with Crippen LogP contribution < -0.4 is 5.48 Å². The number of hydroxylamine groups is 1. The van der Waals surface area contributed by atoms with E-state index < -0.39 is 0 Å². The van der Waals surface area contributed by atoms with Gasteiger partial charge in [-0.15, -0.1) is 0 Å². The summed E-state index contributed by atoms with van der Waals surface area (Å²) in [7, 11) is 1.65. The van der Waals surface area contributed by atoms with Crippen LogP contribution >= 0.6 is 0 Å². The molecular weight excluding hydrogens is 170 g/mol. The highest BCUT2D eigenvalue weighted by molar-refractivity contribution is 4.37. The molecule has 0 aliphatic carbocycles. The maximum atomic E-state index is 5.07. The van der Waals surface area contributed by atoms with Gasteiger partial charge in [-0.3, -0.25) is 4.84 Å². The molecule has 4 heteroatoms. The maximum absolute atomic E-state index is 5.07. The molecule has 0 spiro atoms. The monoisotopic (exact) mass is 191 g/mol. The molecule has 1 N–H and O–H groups in total. The Balaban J connectivity index is 2.76. The predicted octanol–water partition coefficient (Wildman–Crippen LogP) is 1.32. The number of ether oxygens (including phenoxy) is 2. The first-order chi connectivity index (χ1) is 6.41. The minimum Gasteiger partial charge on any atom is -0.382 e. The summed E-state index contributed by atoms with van der Waals surface area (Å²) in [6.07, 6.45) is 3.61. The molecule has 0 aromatic heterocycles. The van der Waals surface area contributed by atoms with Crippen LogP contribution in [0.3, 0.4) is 0 Å². The van der Waals surface area contributed by atoms with Gasteiger partial charge in [0, 0.05) is 13.7 Å². The summed E-state index contributed by atoms with van der Waals surface area (Å²) in [6.45, 7) is 4.54. The number of hydrogen-bond donors (Lipinski definition) is 1. The largest absolute Gasteiger partial charge is 0.382 e. The number of methoxy groups -OCH3 is 1. The second-order valence-electron chi connectivity index (χ2n) is 2.76. The lowest BCUT2D eigenvalue weighted by Crippen LogP contribution is -2.18. The molecule has 0 heterocycles. The molecule has 0 unspecified atom stereocenters. The van der Waals surface area contributed by atoms with E-state index in [1.807, 2.05) is 0 Å². The topological polar surface area (TPSA) is 39.7 Å². The first-order valence-electron chi connectivity index (χ1n) is 4.83. The molecule has 0 atom stereocenters. The molecule has 0 aromatic rings. The number of rotatable bonds is 10. The van der Waals surface area contributed by atoms with E-state index in [4.69, 9.17) is 14.3 Å². The van der Waals surface area contributed by atoms with E-state index in [9.17, 15) is 0 Å². The highest BCUT2D eigenvalue weighted by atomic mass is 16.8. The molecule has 0 aliphatic rings. The van der Waals surface area contributed by atoms with Gasteiger partial charge in [-0.25, -0.2) is 0 Å². The van der Waals surface area contributed by atoms with Gasteiger partial charge in [0.2, 0.25) is 0 Å². The quantitative estimate of drug-likeness (QED) is 0.321. The molecule has 80 valence electrons. The van der Waals surface area contributed by atoms with Crippen LogP contribution in [0, 0.1) is 0 Å².